The van der Waals surface area contributed by atoms with Gasteiger partial charge < -0.3 is 25.6 Å². The van der Waals surface area contributed by atoms with E-state index < -0.39 is 18.0 Å². The minimum atomic E-state index is -2.82. The Hall–Kier alpha value is -3.16. The summed E-state index contributed by atoms with van der Waals surface area (Å²) in [6, 6.07) is 2.39. The summed E-state index contributed by atoms with van der Waals surface area (Å²) in [6.07, 6.45) is 9.27. The zero-order chi connectivity index (χ0) is 29.5. The fourth-order valence-corrected chi connectivity index (χ4v) is 7.45. The summed E-state index contributed by atoms with van der Waals surface area (Å²) >= 11 is 0. The van der Waals surface area contributed by atoms with Crippen molar-refractivity contribution in [3.8, 4) is 0 Å². The third-order valence-electron chi connectivity index (χ3n) is 10.0. The number of piperidine rings is 1. The number of amides is 1. The molecule has 0 aromatic carbocycles. The molecular weight excluding hydrogens is 556 g/mol. The van der Waals surface area contributed by atoms with Crippen molar-refractivity contribution in [2.75, 3.05) is 43.0 Å². The van der Waals surface area contributed by atoms with Gasteiger partial charge in [-0.1, -0.05) is 0 Å². The molecule has 1 aliphatic carbocycles. The van der Waals surface area contributed by atoms with E-state index in [1.54, 1.807) is 33.9 Å². The number of nitrogens with one attached hydrogen (secondary N) is 3. The van der Waals surface area contributed by atoms with Gasteiger partial charge in [-0.3, -0.25) is 9.48 Å². The van der Waals surface area contributed by atoms with Crippen LogP contribution in [0.5, 0.6) is 0 Å². The van der Waals surface area contributed by atoms with Crippen LogP contribution >= 0.6 is 0 Å². The van der Waals surface area contributed by atoms with Gasteiger partial charge in [0, 0.05) is 31.2 Å². The van der Waals surface area contributed by atoms with Gasteiger partial charge in [0.2, 0.25) is 0 Å². The molecule has 6 heterocycles. The highest BCUT2D eigenvalue weighted by Crippen LogP contribution is 2.37. The van der Waals surface area contributed by atoms with E-state index in [9.17, 15) is 13.6 Å². The highest BCUT2D eigenvalue weighted by atomic mass is 19.3. The molecule has 11 nitrogen and oxygen atoms in total. The molecule has 3 aromatic rings. The molecule has 1 saturated carbocycles. The van der Waals surface area contributed by atoms with Crippen molar-refractivity contribution in [1.82, 2.24) is 35.0 Å². The highest BCUT2D eigenvalue weighted by Gasteiger charge is 2.42. The second-order valence-corrected chi connectivity index (χ2v) is 12.7. The Labute approximate surface area is 249 Å². The van der Waals surface area contributed by atoms with Gasteiger partial charge >= 0.3 is 0 Å². The Bertz CT molecular complexity index is 1430. The van der Waals surface area contributed by atoms with Crippen molar-refractivity contribution in [3.05, 3.63) is 35.9 Å². The summed E-state index contributed by atoms with van der Waals surface area (Å²) in [4.78, 5) is 20.2. The number of hydrogen-bond donors (Lipinski definition) is 3. The van der Waals surface area contributed by atoms with E-state index in [-0.39, 0.29) is 29.4 Å². The van der Waals surface area contributed by atoms with Gasteiger partial charge in [0.1, 0.15) is 5.56 Å². The van der Waals surface area contributed by atoms with Crippen LogP contribution in [-0.4, -0.2) is 81.3 Å². The quantitative estimate of drug-likeness (QED) is 0.342. The normalized spacial score (nSPS) is 26.9. The monoisotopic (exact) mass is 597 g/mol. The number of nitrogens with zero attached hydrogens (tertiary/aromatic N) is 6. The summed E-state index contributed by atoms with van der Waals surface area (Å²) in [5, 5.41) is 18.9. The number of alkyl halides is 2. The van der Waals surface area contributed by atoms with E-state index in [2.05, 4.69) is 43.0 Å². The van der Waals surface area contributed by atoms with Crippen molar-refractivity contribution in [3.63, 3.8) is 0 Å². The Morgan fingerprint density at radius 3 is 2.67 bits per heavy atom. The van der Waals surface area contributed by atoms with E-state index in [1.807, 2.05) is 0 Å². The lowest BCUT2D eigenvalue weighted by molar-refractivity contribution is 0.0979. The number of halogens is 2. The molecule has 3 N–H and O–H groups in total. The molecule has 1 unspecified atom stereocenters. The maximum Gasteiger partial charge on any atom is 0.284 e. The fraction of sp³-hybridized carbons (Fsp3) is 0.667. The van der Waals surface area contributed by atoms with Crippen LogP contribution in [-0.2, 0) is 4.74 Å². The molecule has 1 amide bonds. The third-order valence-corrected chi connectivity index (χ3v) is 10.0. The minimum Gasteiger partial charge on any atom is -0.374 e. The Morgan fingerprint density at radius 2 is 1.95 bits per heavy atom. The lowest BCUT2D eigenvalue weighted by Crippen LogP contribution is -2.42. The van der Waals surface area contributed by atoms with Crippen molar-refractivity contribution in [1.29, 1.82) is 0 Å². The molecule has 2 bridgehead atoms. The average molecular weight is 598 g/mol. The van der Waals surface area contributed by atoms with Gasteiger partial charge in [0.15, 0.2) is 17.2 Å². The van der Waals surface area contributed by atoms with Crippen LogP contribution in [0.4, 0.5) is 20.3 Å². The highest BCUT2D eigenvalue weighted by molar-refractivity contribution is 6.12. The van der Waals surface area contributed by atoms with Crippen LogP contribution in [0.1, 0.15) is 80.4 Å². The Kier molecular flexibility index (Phi) is 8.04. The molecule has 13 heteroatoms. The van der Waals surface area contributed by atoms with E-state index in [4.69, 9.17) is 4.74 Å². The number of ether oxygens (including phenoxy) is 1. The molecule has 4 fully saturated rings. The van der Waals surface area contributed by atoms with Crippen molar-refractivity contribution in [2.45, 2.75) is 82.5 Å². The molecule has 7 rings (SSSR count). The fourth-order valence-electron chi connectivity index (χ4n) is 7.45. The molecule has 4 aliphatic rings. The van der Waals surface area contributed by atoms with E-state index >= 15 is 0 Å². The zero-order valence-electron chi connectivity index (χ0n) is 24.6. The van der Waals surface area contributed by atoms with Crippen LogP contribution < -0.4 is 20.9 Å². The molecular formula is C30H41F2N9O2. The number of rotatable bonds is 9. The summed E-state index contributed by atoms with van der Waals surface area (Å²) in [5.41, 5.74) is 0.276. The first-order valence-electron chi connectivity index (χ1n) is 15.8. The predicted octanol–water partition coefficient (Wildman–Crippen LogP) is 3.80. The van der Waals surface area contributed by atoms with Gasteiger partial charge in [-0.2, -0.15) is 5.10 Å². The molecule has 232 valence electrons. The molecule has 43 heavy (non-hydrogen) atoms. The van der Waals surface area contributed by atoms with E-state index in [0.717, 1.165) is 57.7 Å². The molecule has 0 spiro atoms. The zero-order valence-corrected chi connectivity index (χ0v) is 24.6. The molecule has 0 radical (unpaired) electrons. The van der Waals surface area contributed by atoms with Crippen LogP contribution in [0.2, 0.25) is 0 Å². The Balaban J connectivity index is 1.04. The van der Waals surface area contributed by atoms with Crippen LogP contribution in [0.15, 0.2) is 24.7 Å². The molecule has 3 saturated heterocycles. The summed E-state index contributed by atoms with van der Waals surface area (Å²) in [7, 11) is 0. The van der Waals surface area contributed by atoms with Gasteiger partial charge in [0.25, 0.3) is 12.3 Å². The number of morpholine rings is 1. The number of anilines is 2. The van der Waals surface area contributed by atoms with E-state index in [0.29, 0.717) is 36.6 Å². The lowest BCUT2D eigenvalue weighted by Gasteiger charge is -2.32. The summed E-state index contributed by atoms with van der Waals surface area (Å²) in [6.45, 7) is 6.68. The van der Waals surface area contributed by atoms with E-state index in [1.165, 1.54) is 12.8 Å². The largest absolute Gasteiger partial charge is 0.374 e. The van der Waals surface area contributed by atoms with Gasteiger partial charge in [-0.05, 0) is 89.4 Å². The number of carbonyl (C=O) groups excluding carboxylic acids is 1. The van der Waals surface area contributed by atoms with Gasteiger partial charge in [-0.15, -0.1) is 5.10 Å². The second-order valence-electron chi connectivity index (χ2n) is 12.7. The molecule has 3 aliphatic heterocycles. The number of hydrogen-bond acceptors (Lipinski definition) is 8. The Morgan fingerprint density at radius 1 is 1.14 bits per heavy atom. The van der Waals surface area contributed by atoms with Gasteiger partial charge in [-0.25, -0.2) is 18.3 Å². The number of carbonyl (C=O) groups is 1. The van der Waals surface area contributed by atoms with Crippen molar-refractivity contribution in [2.24, 2.45) is 11.8 Å². The van der Waals surface area contributed by atoms with Crippen molar-refractivity contribution < 1.29 is 18.3 Å². The topological polar surface area (TPSA) is 114 Å². The van der Waals surface area contributed by atoms with Crippen LogP contribution in [0, 0.1) is 11.8 Å². The molecule has 3 atom stereocenters. The lowest BCUT2D eigenvalue weighted by atomic mass is 9.85. The minimum absolute atomic E-state index is 0.0237. The number of fused-ring (bicyclic) bond motifs is 3. The van der Waals surface area contributed by atoms with Crippen LogP contribution in [0.3, 0.4) is 0 Å². The standard InChI is InChI=1S/C30H41F2N9O2/c1-18(20-7-10-33-11-8-20)35-14-19-3-5-21(6-4-19)41-16-24(26(37-41)27(31)32)36-30(42)25-28-34-9-2-12-40(28)38-29(25)39-15-23-13-22(39)17-43-23/h2,9,12,16,18-23,27,33,35H,3-8,10-11,13-15,17H2,1H3,(H,36,42)/t18?,19?,21?,22-,23-/m1/s1. The second kappa shape index (κ2) is 12.1. The predicted molar refractivity (Wildman–Crippen MR) is 158 cm³/mol. The first-order valence-corrected chi connectivity index (χ1v) is 15.8. The smallest absolute Gasteiger partial charge is 0.284 e. The number of aromatic nitrogens is 5. The third kappa shape index (κ3) is 5.74. The summed E-state index contributed by atoms with van der Waals surface area (Å²) in [5.74, 6) is 1.26. The SMILES string of the molecule is CC(NCC1CCC(n2cc(NC(=O)c3c(N4C[C@H]5C[C@@H]4CO5)nn4cccnc34)c(C(F)F)n2)CC1)C1CCNCC1. The van der Waals surface area contributed by atoms with Crippen LogP contribution in [0.25, 0.3) is 5.65 Å². The summed E-state index contributed by atoms with van der Waals surface area (Å²) < 4.78 is 37.3. The van der Waals surface area contributed by atoms with Gasteiger partial charge in [0.05, 0.1) is 30.5 Å². The average Bonchev–Trinajstić information content (AvgIpc) is 3.83. The molecule has 3 aromatic heterocycles. The first kappa shape index (κ1) is 28.6. The maximum absolute atomic E-state index is 14.2. The van der Waals surface area contributed by atoms with Crippen molar-refractivity contribution >= 4 is 23.1 Å². The maximum atomic E-state index is 14.2. The first-order chi connectivity index (χ1) is 20.9.